The second-order valence-corrected chi connectivity index (χ2v) is 6.43. The standard InChI is InChI=1S/C12H17FN2O2S/c1-9-4-5-11(13)12(7-9)15-18(16,17)8-10-3-2-6-14-10/h4-5,7,10,14-15H,2-3,6,8H2,1H3. The number of hydrogen-bond donors (Lipinski definition) is 2. The quantitative estimate of drug-likeness (QED) is 0.876. The number of anilines is 1. The maximum Gasteiger partial charge on any atom is 0.234 e. The summed E-state index contributed by atoms with van der Waals surface area (Å²) in [6, 6.07) is 4.33. The van der Waals surface area contributed by atoms with E-state index >= 15 is 0 Å². The van der Waals surface area contributed by atoms with Gasteiger partial charge in [-0.3, -0.25) is 4.72 Å². The van der Waals surface area contributed by atoms with Crippen molar-refractivity contribution in [3.63, 3.8) is 0 Å². The molecule has 1 atom stereocenters. The zero-order chi connectivity index (χ0) is 13.2. The summed E-state index contributed by atoms with van der Waals surface area (Å²) in [7, 11) is -3.51. The van der Waals surface area contributed by atoms with E-state index in [-0.39, 0.29) is 17.5 Å². The maximum absolute atomic E-state index is 13.5. The van der Waals surface area contributed by atoms with E-state index in [1.807, 2.05) is 0 Å². The molecular weight excluding hydrogens is 255 g/mol. The summed E-state index contributed by atoms with van der Waals surface area (Å²) in [5.41, 5.74) is 0.834. The van der Waals surface area contributed by atoms with E-state index in [0.717, 1.165) is 24.9 Å². The first-order valence-electron chi connectivity index (χ1n) is 5.96. The summed E-state index contributed by atoms with van der Waals surface area (Å²) >= 11 is 0. The van der Waals surface area contributed by atoms with Crippen LogP contribution in [0, 0.1) is 12.7 Å². The van der Waals surface area contributed by atoms with Gasteiger partial charge >= 0.3 is 0 Å². The molecule has 6 heteroatoms. The molecule has 100 valence electrons. The fraction of sp³-hybridized carbons (Fsp3) is 0.500. The molecule has 1 saturated heterocycles. The number of hydrogen-bond acceptors (Lipinski definition) is 3. The van der Waals surface area contributed by atoms with Crippen LogP contribution in [0.4, 0.5) is 10.1 Å². The minimum Gasteiger partial charge on any atom is -0.313 e. The molecule has 0 spiro atoms. The van der Waals surface area contributed by atoms with Crippen LogP contribution in [0.3, 0.4) is 0 Å². The zero-order valence-electron chi connectivity index (χ0n) is 10.2. The first-order chi connectivity index (χ1) is 8.46. The van der Waals surface area contributed by atoms with Crippen molar-refractivity contribution in [1.82, 2.24) is 5.32 Å². The van der Waals surface area contributed by atoms with E-state index in [2.05, 4.69) is 10.0 Å². The number of benzene rings is 1. The minimum atomic E-state index is -3.51. The SMILES string of the molecule is Cc1ccc(F)c(NS(=O)(=O)CC2CCCN2)c1. The Morgan fingerprint density at radius 2 is 2.28 bits per heavy atom. The molecule has 2 N–H and O–H groups in total. The van der Waals surface area contributed by atoms with Crippen molar-refractivity contribution in [1.29, 1.82) is 0 Å². The lowest BCUT2D eigenvalue weighted by Gasteiger charge is -2.13. The largest absolute Gasteiger partial charge is 0.313 e. The van der Waals surface area contributed by atoms with Crippen LogP contribution in [0.25, 0.3) is 0 Å². The van der Waals surface area contributed by atoms with Gasteiger partial charge in [0.05, 0.1) is 11.4 Å². The Hall–Kier alpha value is -1.14. The topological polar surface area (TPSA) is 58.2 Å². The fourth-order valence-corrected chi connectivity index (χ4v) is 3.48. The molecule has 0 aliphatic carbocycles. The minimum absolute atomic E-state index is 0.0135. The monoisotopic (exact) mass is 272 g/mol. The molecule has 2 rings (SSSR count). The summed E-state index contributed by atoms with van der Waals surface area (Å²) in [5.74, 6) is -0.566. The van der Waals surface area contributed by atoms with Gasteiger partial charge in [0.1, 0.15) is 5.82 Å². The summed E-state index contributed by atoms with van der Waals surface area (Å²) in [6.07, 6.45) is 1.83. The maximum atomic E-state index is 13.5. The molecule has 1 heterocycles. The first kappa shape index (κ1) is 13.3. The number of nitrogens with one attached hydrogen (secondary N) is 2. The van der Waals surface area contributed by atoms with Crippen LogP contribution in [-0.2, 0) is 10.0 Å². The van der Waals surface area contributed by atoms with E-state index in [0.29, 0.717) is 0 Å². The summed E-state index contributed by atoms with van der Waals surface area (Å²) in [4.78, 5) is 0. The molecule has 1 aromatic carbocycles. The Kier molecular flexibility index (Phi) is 3.87. The number of aryl methyl sites for hydroxylation is 1. The van der Waals surface area contributed by atoms with Crippen LogP contribution in [0.2, 0.25) is 0 Å². The summed E-state index contributed by atoms with van der Waals surface area (Å²) in [6.45, 7) is 2.63. The third kappa shape index (κ3) is 3.43. The second-order valence-electron chi connectivity index (χ2n) is 4.66. The van der Waals surface area contributed by atoms with Crippen LogP contribution in [0.15, 0.2) is 18.2 Å². The molecule has 0 amide bonds. The predicted octanol–water partition coefficient (Wildman–Crippen LogP) is 1.63. The van der Waals surface area contributed by atoms with Gasteiger partial charge in [-0.2, -0.15) is 0 Å². The van der Waals surface area contributed by atoms with Gasteiger partial charge in [-0.05, 0) is 44.0 Å². The third-order valence-electron chi connectivity index (χ3n) is 2.97. The van der Waals surface area contributed by atoms with Gasteiger partial charge in [0.2, 0.25) is 10.0 Å². The molecule has 0 saturated carbocycles. The molecule has 18 heavy (non-hydrogen) atoms. The van der Waals surface area contributed by atoms with Gasteiger partial charge < -0.3 is 5.32 Å². The Labute approximate surface area is 107 Å². The average molecular weight is 272 g/mol. The lowest BCUT2D eigenvalue weighted by Crippen LogP contribution is -2.33. The van der Waals surface area contributed by atoms with Gasteiger partial charge in [0.15, 0.2) is 0 Å². The van der Waals surface area contributed by atoms with Crippen LogP contribution in [0.5, 0.6) is 0 Å². The van der Waals surface area contributed by atoms with Crippen molar-refractivity contribution in [2.24, 2.45) is 0 Å². The molecule has 4 nitrogen and oxygen atoms in total. The van der Waals surface area contributed by atoms with Crippen molar-refractivity contribution in [3.05, 3.63) is 29.6 Å². The van der Waals surface area contributed by atoms with Crippen molar-refractivity contribution < 1.29 is 12.8 Å². The Morgan fingerprint density at radius 1 is 1.50 bits per heavy atom. The molecule has 1 unspecified atom stereocenters. The second kappa shape index (κ2) is 5.24. The third-order valence-corrected chi connectivity index (χ3v) is 4.34. The normalized spacial score (nSPS) is 20.0. The first-order valence-corrected chi connectivity index (χ1v) is 7.61. The fourth-order valence-electron chi connectivity index (χ4n) is 2.09. The molecule has 1 aliphatic heterocycles. The van der Waals surface area contributed by atoms with E-state index in [1.165, 1.54) is 12.1 Å². The highest BCUT2D eigenvalue weighted by Crippen LogP contribution is 2.18. The van der Waals surface area contributed by atoms with Crippen LogP contribution in [-0.4, -0.2) is 26.8 Å². The Morgan fingerprint density at radius 3 is 2.94 bits per heavy atom. The molecular formula is C12H17FN2O2S. The molecule has 0 bridgehead atoms. The molecule has 0 aromatic heterocycles. The highest BCUT2D eigenvalue weighted by molar-refractivity contribution is 7.92. The molecule has 1 fully saturated rings. The van der Waals surface area contributed by atoms with Gasteiger partial charge in [0.25, 0.3) is 0 Å². The van der Waals surface area contributed by atoms with E-state index in [1.54, 1.807) is 13.0 Å². The van der Waals surface area contributed by atoms with Gasteiger partial charge in [-0.15, -0.1) is 0 Å². The smallest absolute Gasteiger partial charge is 0.234 e. The predicted molar refractivity (Wildman–Crippen MR) is 69.6 cm³/mol. The van der Waals surface area contributed by atoms with Crippen molar-refractivity contribution in [2.45, 2.75) is 25.8 Å². The van der Waals surface area contributed by atoms with Crippen LogP contribution < -0.4 is 10.0 Å². The van der Waals surface area contributed by atoms with Gasteiger partial charge in [-0.1, -0.05) is 6.07 Å². The molecule has 1 aromatic rings. The molecule has 0 radical (unpaired) electrons. The zero-order valence-corrected chi connectivity index (χ0v) is 11.1. The number of rotatable bonds is 4. The highest BCUT2D eigenvalue weighted by atomic mass is 32.2. The average Bonchev–Trinajstić information content (AvgIpc) is 2.75. The van der Waals surface area contributed by atoms with Gasteiger partial charge in [0, 0.05) is 6.04 Å². The van der Waals surface area contributed by atoms with E-state index in [9.17, 15) is 12.8 Å². The Balaban J connectivity index is 2.09. The Bertz CT molecular complexity index is 525. The summed E-state index contributed by atoms with van der Waals surface area (Å²) < 4.78 is 39.6. The van der Waals surface area contributed by atoms with E-state index in [4.69, 9.17) is 0 Å². The molecule has 1 aliphatic rings. The van der Waals surface area contributed by atoms with Gasteiger partial charge in [-0.25, -0.2) is 12.8 Å². The van der Waals surface area contributed by atoms with E-state index < -0.39 is 15.8 Å². The highest BCUT2D eigenvalue weighted by Gasteiger charge is 2.22. The number of sulfonamides is 1. The lowest BCUT2D eigenvalue weighted by molar-refractivity contribution is 0.580. The van der Waals surface area contributed by atoms with Crippen LogP contribution >= 0.6 is 0 Å². The summed E-state index contributed by atoms with van der Waals surface area (Å²) in [5, 5.41) is 3.11. The van der Waals surface area contributed by atoms with Crippen molar-refractivity contribution in [3.8, 4) is 0 Å². The number of halogens is 1. The van der Waals surface area contributed by atoms with Crippen molar-refractivity contribution >= 4 is 15.7 Å². The van der Waals surface area contributed by atoms with Crippen LogP contribution in [0.1, 0.15) is 18.4 Å². The van der Waals surface area contributed by atoms with Crippen molar-refractivity contribution in [2.75, 3.05) is 17.0 Å². The lowest BCUT2D eigenvalue weighted by atomic mass is 10.2.